The third kappa shape index (κ3) is 6.45. The molecule has 2 aromatic carbocycles. The van der Waals surface area contributed by atoms with Crippen molar-refractivity contribution in [3.05, 3.63) is 59.7 Å². The van der Waals surface area contributed by atoms with Gasteiger partial charge >= 0.3 is 0 Å². The molecule has 1 aliphatic carbocycles. The first-order chi connectivity index (χ1) is 16.9. The number of amidine groups is 2. The first-order valence-electron chi connectivity index (χ1n) is 11.9. The van der Waals surface area contributed by atoms with Crippen molar-refractivity contribution in [1.82, 2.24) is 10.4 Å². The summed E-state index contributed by atoms with van der Waals surface area (Å²) in [5, 5.41) is 17.1. The molecule has 1 amide bonds. The van der Waals surface area contributed by atoms with Crippen molar-refractivity contribution < 1.29 is 10.0 Å². The minimum Gasteiger partial charge on any atom is -0.411 e. The highest BCUT2D eigenvalue weighted by Gasteiger charge is 2.31. The summed E-state index contributed by atoms with van der Waals surface area (Å²) in [4.78, 5) is 18.7. The van der Waals surface area contributed by atoms with E-state index in [2.05, 4.69) is 22.7 Å². The van der Waals surface area contributed by atoms with E-state index < -0.39 is 0 Å². The van der Waals surface area contributed by atoms with Gasteiger partial charge in [0.2, 0.25) is 6.41 Å². The summed E-state index contributed by atoms with van der Waals surface area (Å²) in [5.41, 5.74) is 12.0. The highest BCUT2D eigenvalue weighted by atomic mass is 16.4. The van der Waals surface area contributed by atoms with Crippen LogP contribution in [-0.2, 0) is 11.3 Å². The third-order valence-electron chi connectivity index (χ3n) is 6.33. The number of hydrogen-bond donors (Lipinski definition) is 4. The van der Waals surface area contributed by atoms with E-state index in [1.165, 1.54) is 4.90 Å². The standard InChI is InChI=1S/C26H35N7O2/c1-3-8-23(31-35)25(29-26(2)15-6-7-16-26)33(18-34)17-19-11-13-20(14-12-19)21-9-4-5-10-22(21)24(27)30-32-28/h4-5,9-14,18,32,35H,3,6-8,15-17,28H2,1-2H3,(H2,27,30)/b29-25-,31-23-. The van der Waals surface area contributed by atoms with Crippen LogP contribution in [0.5, 0.6) is 0 Å². The maximum Gasteiger partial charge on any atom is 0.215 e. The Morgan fingerprint density at radius 2 is 1.86 bits per heavy atom. The molecule has 0 saturated heterocycles. The van der Waals surface area contributed by atoms with Gasteiger partial charge in [-0.3, -0.25) is 14.7 Å². The lowest BCUT2D eigenvalue weighted by Crippen LogP contribution is -2.38. The van der Waals surface area contributed by atoms with Crippen LogP contribution in [0.1, 0.15) is 63.5 Å². The van der Waals surface area contributed by atoms with E-state index in [1.54, 1.807) is 0 Å². The van der Waals surface area contributed by atoms with Gasteiger partial charge in [0.05, 0.1) is 12.1 Å². The Labute approximate surface area is 206 Å². The SMILES string of the molecule is CCCC(=N/O)/C(=N/C1(C)CCCC1)N(C=O)Cc1ccc(-c2ccccc2/C(N)=N/NN)cc1. The van der Waals surface area contributed by atoms with Crippen LogP contribution >= 0.6 is 0 Å². The zero-order valence-electron chi connectivity index (χ0n) is 20.4. The van der Waals surface area contributed by atoms with Crippen LogP contribution in [0, 0.1) is 0 Å². The van der Waals surface area contributed by atoms with Crippen molar-refractivity contribution in [2.45, 2.75) is 64.5 Å². The largest absolute Gasteiger partial charge is 0.411 e. The normalized spacial score (nSPS) is 16.3. The molecule has 9 nitrogen and oxygen atoms in total. The first kappa shape index (κ1) is 25.9. The van der Waals surface area contributed by atoms with E-state index in [1.807, 2.05) is 55.5 Å². The summed E-state index contributed by atoms with van der Waals surface area (Å²) < 4.78 is 0. The van der Waals surface area contributed by atoms with E-state index >= 15 is 0 Å². The van der Waals surface area contributed by atoms with Gasteiger partial charge in [-0.15, -0.1) is 5.10 Å². The van der Waals surface area contributed by atoms with Gasteiger partial charge in [0.25, 0.3) is 0 Å². The second kappa shape index (κ2) is 12.1. The van der Waals surface area contributed by atoms with Crippen LogP contribution in [0.4, 0.5) is 0 Å². The number of hydrogen-bond acceptors (Lipinski definition) is 7. The van der Waals surface area contributed by atoms with Crippen LogP contribution in [0.15, 0.2) is 63.8 Å². The van der Waals surface area contributed by atoms with Crippen LogP contribution < -0.4 is 17.1 Å². The maximum atomic E-state index is 12.2. The van der Waals surface area contributed by atoms with Gasteiger partial charge in [-0.05, 0) is 42.9 Å². The number of rotatable bonds is 10. The molecule has 1 fully saturated rings. The van der Waals surface area contributed by atoms with Crippen LogP contribution in [-0.4, -0.2) is 39.4 Å². The molecule has 0 spiro atoms. The monoisotopic (exact) mass is 477 g/mol. The average molecular weight is 478 g/mol. The zero-order valence-corrected chi connectivity index (χ0v) is 20.4. The molecule has 186 valence electrons. The highest BCUT2D eigenvalue weighted by Crippen LogP contribution is 2.33. The average Bonchev–Trinajstić information content (AvgIpc) is 3.31. The van der Waals surface area contributed by atoms with Crippen molar-refractivity contribution in [3.63, 3.8) is 0 Å². The Balaban J connectivity index is 1.90. The van der Waals surface area contributed by atoms with E-state index in [-0.39, 0.29) is 11.4 Å². The fraction of sp³-hybridized carbons (Fsp3) is 0.385. The number of benzene rings is 2. The minimum atomic E-state index is -0.256. The van der Waals surface area contributed by atoms with Gasteiger partial charge in [0, 0.05) is 5.56 Å². The predicted octanol–water partition coefficient (Wildman–Crippen LogP) is 3.76. The van der Waals surface area contributed by atoms with Gasteiger partial charge in [0.15, 0.2) is 11.7 Å². The number of nitrogens with two attached hydrogens (primary N) is 2. The molecule has 9 heteroatoms. The topological polar surface area (TPSA) is 142 Å². The summed E-state index contributed by atoms with van der Waals surface area (Å²) in [6, 6.07) is 15.5. The Hall–Kier alpha value is -3.72. The molecular formula is C26H35N7O2. The van der Waals surface area contributed by atoms with Gasteiger partial charge in [0.1, 0.15) is 5.71 Å². The Morgan fingerprint density at radius 1 is 1.17 bits per heavy atom. The zero-order chi connectivity index (χ0) is 25.3. The number of hydrazine groups is 1. The Bertz CT molecular complexity index is 1090. The first-order valence-corrected chi connectivity index (χ1v) is 11.9. The fourth-order valence-corrected chi connectivity index (χ4v) is 4.48. The van der Waals surface area contributed by atoms with E-state index in [9.17, 15) is 10.0 Å². The van der Waals surface area contributed by atoms with Gasteiger partial charge < -0.3 is 10.9 Å². The molecule has 35 heavy (non-hydrogen) atoms. The quantitative estimate of drug-likeness (QED) is 0.103. The molecular weight excluding hydrogens is 442 g/mol. The third-order valence-corrected chi connectivity index (χ3v) is 6.33. The molecule has 0 bridgehead atoms. The smallest absolute Gasteiger partial charge is 0.215 e. The second-order valence-corrected chi connectivity index (χ2v) is 9.04. The number of carbonyl (C=O) groups is 1. The number of oxime groups is 1. The number of amides is 1. The number of hydrazone groups is 1. The predicted molar refractivity (Wildman–Crippen MR) is 140 cm³/mol. The fourth-order valence-electron chi connectivity index (χ4n) is 4.48. The molecule has 0 heterocycles. The van der Waals surface area contributed by atoms with Gasteiger partial charge in [-0.25, -0.2) is 11.4 Å². The summed E-state index contributed by atoms with van der Waals surface area (Å²) in [6.45, 7) is 4.41. The minimum absolute atomic E-state index is 0.256. The Kier molecular flexibility index (Phi) is 8.97. The van der Waals surface area contributed by atoms with Crippen molar-refractivity contribution in [2.75, 3.05) is 0 Å². The number of nitrogens with zero attached hydrogens (tertiary/aromatic N) is 4. The molecule has 6 N–H and O–H groups in total. The molecule has 3 rings (SSSR count). The number of nitrogens with one attached hydrogen (secondary N) is 1. The Morgan fingerprint density at radius 3 is 2.46 bits per heavy atom. The molecule has 2 aromatic rings. The molecule has 0 aliphatic heterocycles. The van der Waals surface area contributed by atoms with Crippen molar-refractivity contribution in [3.8, 4) is 11.1 Å². The number of aliphatic imine (C=N–C) groups is 1. The van der Waals surface area contributed by atoms with Crippen LogP contribution in [0.25, 0.3) is 11.1 Å². The van der Waals surface area contributed by atoms with Crippen molar-refractivity contribution in [2.24, 2.45) is 26.8 Å². The van der Waals surface area contributed by atoms with E-state index in [0.29, 0.717) is 24.5 Å². The summed E-state index contributed by atoms with van der Waals surface area (Å²) in [6.07, 6.45) is 6.19. The molecule has 1 saturated carbocycles. The lowest BCUT2D eigenvalue weighted by molar-refractivity contribution is -0.115. The molecule has 0 unspecified atom stereocenters. The van der Waals surface area contributed by atoms with Gasteiger partial charge in [-0.1, -0.05) is 79.9 Å². The lowest BCUT2D eigenvalue weighted by Gasteiger charge is -2.26. The summed E-state index contributed by atoms with van der Waals surface area (Å²) in [5.74, 6) is 6.01. The van der Waals surface area contributed by atoms with Crippen molar-refractivity contribution >= 4 is 23.8 Å². The second-order valence-electron chi connectivity index (χ2n) is 9.04. The number of carbonyl (C=O) groups excluding carboxylic acids is 1. The van der Waals surface area contributed by atoms with E-state index in [4.69, 9.17) is 16.6 Å². The highest BCUT2D eigenvalue weighted by molar-refractivity contribution is 6.42. The molecule has 0 atom stereocenters. The van der Waals surface area contributed by atoms with E-state index in [0.717, 1.165) is 60.8 Å². The van der Waals surface area contributed by atoms with Crippen LogP contribution in [0.3, 0.4) is 0 Å². The summed E-state index contributed by atoms with van der Waals surface area (Å²) >= 11 is 0. The summed E-state index contributed by atoms with van der Waals surface area (Å²) in [7, 11) is 0. The maximum absolute atomic E-state index is 12.2. The lowest BCUT2D eigenvalue weighted by atomic mass is 9.98. The van der Waals surface area contributed by atoms with Gasteiger partial charge in [-0.2, -0.15) is 0 Å². The van der Waals surface area contributed by atoms with Crippen LogP contribution in [0.2, 0.25) is 0 Å². The van der Waals surface area contributed by atoms with Crippen molar-refractivity contribution in [1.29, 1.82) is 0 Å². The molecule has 0 radical (unpaired) electrons. The molecule has 1 aliphatic rings. The molecule has 0 aromatic heterocycles.